The van der Waals surface area contributed by atoms with E-state index in [1.165, 1.54) is 0 Å². The lowest BCUT2D eigenvalue weighted by Crippen LogP contribution is -2.39. The number of nitrogens with zero attached hydrogens (tertiary/aromatic N) is 2. The van der Waals surface area contributed by atoms with Gasteiger partial charge in [0.1, 0.15) is 6.54 Å². The maximum Gasteiger partial charge on any atom is 0.255 e. The van der Waals surface area contributed by atoms with E-state index in [0.717, 1.165) is 31.2 Å². The van der Waals surface area contributed by atoms with Gasteiger partial charge in [-0.05, 0) is 43.5 Å². The quantitative estimate of drug-likeness (QED) is 0.793. The Bertz CT molecular complexity index is 495. The zero-order chi connectivity index (χ0) is 13.8. The number of benzene rings is 1. The first-order valence-corrected chi connectivity index (χ1v) is 6.94. The SMILES string of the molecule is Cc1cc(Cl)cc(C(=O)N(CC#N)C2CCCC2)c1. The molecular formula is C15H17ClN2O. The van der Waals surface area contributed by atoms with E-state index < -0.39 is 0 Å². The Morgan fingerprint density at radius 1 is 1.42 bits per heavy atom. The summed E-state index contributed by atoms with van der Waals surface area (Å²) in [5.41, 5.74) is 1.53. The van der Waals surface area contributed by atoms with Gasteiger partial charge in [-0.15, -0.1) is 0 Å². The second kappa shape index (κ2) is 6.08. The Morgan fingerprint density at radius 3 is 2.68 bits per heavy atom. The highest BCUT2D eigenvalue weighted by atomic mass is 35.5. The van der Waals surface area contributed by atoms with Crippen molar-refractivity contribution in [2.45, 2.75) is 38.6 Å². The summed E-state index contributed by atoms with van der Waals surface area (Å²) in [6, 6.07) is 7.62. The monoisotopic (exact) mass is 276 g/mol. The highest BCUT2D eigenvalue weighted by Gasteiger charge is 2.27. The lowest BCUT2D eigenvalue weighted by molar-refractivity contribution is 0.0709. The van der Waals surface area contributed by atoms with E-state index in [1.807, 2.05) is 19.1 Å². The van der Waals surface area contributed by atoms with Crippen molar-refractivity contribution in [3.63, 3.8) is 0 Å². The Labute approximate surface area is 118 Å². The van der Waals surface area contributed by atoms with Crippen molar-refractivity contribution in [2.75, 3.05) is 6.54 Å². The molecule has 0 N–H and O–H groups in total. The van der Waals surface area contributed by atoms with Gasteiger partial charge in [0, 0.05) is 16.6 Å². The molecule has 1 saturated carbocycles. The second-order valence-corrected chi connectivity index (χ2v) is 5.48. The number of hydrogen-bond donors (Lipinski definition) is 0. The van der Waals surface area contributed by atoms with Crippen LogP contribution in [0.1, 0.15) is 41.6 Å². The molecule has 0 heterocycles. The van der Waals surface area contributed by atoms with Gasteiger partial charge in [0.15, 0.2) is 0 Å². The van der Waals surface area contributed by atoms with E-state index in [9.17, 15) is 4.79 Å². The molecule has 1 amide bonds. The molecule has 19 heavy (non-hydrogen) atoms. The Morgan fingerprint density at radius 2 is 2.11 bits per heavy atom. The van der Waals surface area contributed by atoms with Gasteiger partial charge in [-0.2, -0.15) is 5.26 Å². The molecular weight excluding hydrogens is 260 g/mol. The number of amides is 1. The molecule has 2 rings (SSSR count). The van der Waals surface area contributed by atoms with Gasteiger partial charge in [-0.25, -0.2) is 0 Å². The highest BCUT2D eigenvalue weighted by Crippen LogP contribution is 2.25. The fourth-order valence-corrected chi connectivity index (χ4v) is 2.97. The molecule has 1 aromatic rings. The summed E-state index contributed by atoms with van der Waals surface area (Å²) in [4.78, 5) is 14.2. The first kappa shape index (κ1) is 13.9. The molecule has 0 saturated heterocycles. The van der Waals surface area contributed by atoms with Crippen molar-refractivity contribution in [3.05, 3.63) is 34.3 Å². The number of nitriles is 1. The van der Waals surface area contributed by atoms with Crippen LogP contribution in [0, 0.1) is 18.3 Å². The predicted octanol–water partition coefficient (Wildman–Crippen LogP) is 3.56. The highest BCUT2D eigenvalue weighted by molar-refractivity contribution is 6.31. The smallest absolute Gasteiger partial charge is 0.255 e. The Balaban J connectivity index is 2.25. The van der Waals surface area contributed by atoms with Crippen LogP contribution in [0.3, 0.4) is 0 Å². The van der Waals surface area contributed by atoms with Gasteiger partial charge in [-0.3, -0.25) is 4.79 Å². The molecule has 4 heteroatoms. The van der Waals surface area contributed by atoms with Crippen molar-refractivity contribution in [2.24, 2.45) is 0 Å². The van der Waals surface area contributed by atoms with E-state index in [0.29, 0.717) is 10.6 Å². The molecule has 1 aliphatic rings. The fourth-order valence-electron chi connectivity index (χ4n) is 2.68. The number of aryl methyl sites for hydroxylation is 1. The van der Waals surface area contributed by atoms with Crippen molar-refractivity contribution < 1.29 is 4.79 Å². The van der Waals surface area contributed by atoms with Crippen LogP contribution >= 0.6 is 11.6 Å². The number of hydrogen-bond acceptors (Lipinski definition) is 2. The number of carbonyl (C=O) groups is 1. The zero-order valence-corrected chi connectivity index (χ0v) is 11.8. The Kier molecular flexibility index (Phi) is 4.44. The molecule has 100 valence electrons. The summed E-state index contributed by atoms with van der Waals surface area (Å²) >= 11 is 6.00. The molecule has 1 fully saturated rings. The summed E-state index contributed by atoms with van der Waals surface area (Å²) in [7, 11) is 0. The largest absolute Gasteiger partial charge is 0.322 e. The van der Waals surface area contributed by atoms with Crippen molar-refractivity contribution >= 4 is 17.5 Å². The molecule has 0 atom stereocenters. The number of rotatable bonds is 3. The van der Waals surface area contributed by atoms with Gasteiger partial charge < -0.3 is 4.90 Å². The van der Waals surface area contributed by atoms with Gasteiger partial charge in [0.25, 0.3) is 5.91 Å². The first-order chi connectivity index (χ1) is 9.11. The topological polar surface area (TPSA) is 44.1 Å². The molecule has 0 aliphatic heterocycles. The summed E-state index contributed by atoms with van der Waals surface area (Å²) < 4.78 is 0. The van der Waals surface area contributed by atoms with E-state index in [-0.39, 0.29) is 18.5 Å². The molecule has 0 spiro atoms. The van der Waals surface area contributed by atoms with Crippen LogP contribution in [-0.2, 0) is 0 Å². The van der Waals surface area contributed by atoms with Gasteiger partial charge in [0.2, 0.25) is 0 Å². The molecule has 0 unspecified atom stereocenters. The van der Waals surface area contributed by atoms with Crippen LogP contribution in [0.25, 0.3) is 0 Å². The van der Waals surface area contributed by atoms with E-state index >= 15 is 0 Å². The predicted molar refractivity (Wildman–Crippen MR) is 75.1 cm³/mol. The third-order valence-electron chi connectivity index (χ3n) is 3.56. The summed E-state index contributed by atoms with van der Waals surface area (Å²) in [6.07, 6.45) is 4.25. The van der Waals surface area contributed by atoms with Gasteiger partial charge >= 0.3 is 0 Å². The standard InChI is InChI=1S/C15H17ClN2O/c1-11-8-12(10-13(16)9-11)15(19)18(7-6-17)14-4-2-3-5-14/h8-10,14H,2-5,7H2,1H3. The minimum atomic E-state index is -0.0842. The third kappa shape index (κ3) is 3.27. The van der Waals surface area contributed by atoms with E-state index in [4.69, 9.17) is 16.9 Å². The summed E-state index contributed by atoms with van der Waals surface area (Å²) in [6.45, 7) is 2.06. The van der Waals surface area contributed by atoms with Crippen LogP contribution in [-0.4, -0.2) is 23.4 Å². The van der Waals surface area contributed by atoms with Crippen molar-refractivity contribution in [1.82, 2.24) is 4.90 Å². The molecule has 0 aromatic heterocycles. The van der Waals surface area contributed by atoms with Gasteiger partial charge in [-0.1, -0.05) is 24.4 Å². The fraction of sp³-hybridized carbons (Fsp3) is 0.467. The van der Waals surface area contributed by atoms with Crippen molar-refractivity contribution in [1.29, 1.82) is 5.26 Å². The minimum absolute atomic E-state index is 0.0842. The summed E-state index contributed by atoms with van der Waals surface area (Å²) in [5.74, 6) is -0.0842. The molecule has 0 radical (unpaired) electrons. The first-order valence-electron chi connectivity index (χ1n) is 6.57. The lowest BCUT2D eigenvalue weighted by Gasteiger charge is -2.26. The lowest BCUT2D eigenvalue weighted by atomic mass is 10.1. The maximum atomic E-state index is 12.5. The van der Waals surface area contributed by atoms with Crippen LogP contribution in [0.2, 0.25) is 5.02 Å². The third-order valence-corrected chi connectivity index (χ3v) is 3.77. The van der Waals surface area contributed by atoms with Crippen LogP contribution in [0.15, 0.2) is 18.2 Å². The molecule has 1 aliphatic carbocycles. The molecule has 0 bridgehead atoms. The van der Waals surface area contributed by atoms with Crippen LogP contribution < -0.4 is 0 Å². The van der Waals surface area contributed by atoms with Crippen LogP contribution in [0.4, 0.5) is 0 Å². The Hall–Kier alpha value is -1.53. The average molecular weight is 277 g/mol. The number of carbonyl (C=O) groups excluding carboxylic acids is 1. The van der Waals surface area contributed by atoms with E-state index in [2.05, 4.69) is 6.07 Å². The van der Waals surface area contributed by atoms with Crippen molar-refractivity contribution in [3.8, 4) is 6.07 Å². The normalized spacial score (nSPS) is 15.2. The zero-order valence-electron chi connectivity index (χ0n) is 11.0. The van der Waals surface area contributed by atoms with Crippen LogP contribution in [0.5, 0.6) is 0 Å². The van der Waals surface area contributed by atoms with Gasteiger partial charge in [0.05, 0.1) is 6.07 Å². The minimum Gasteiger partial charge on any atom is -0.322 e. The van der Waals surface area contributed by atoms with E-state index in [1.54, 1.807) is 11.0 Å². The second-order valence-electron chi connectivity index (χ2n) is 5.05. The molecule has 1 aromatic carbocycles. The maximum absolute atomic E-state index is 12.5. The average Bonchev–Trinajstić information content (AvgIpc) is 2.87. The summed E-state index contributed by atoms with van der Waals surface area (Å²) in [5, 5.41) is 9.49. The molecule has 3 nitrogen and oxygen atoms in total. The number of halogens is 1.